The Balaban J connectivity index is 1.54. The van der Waals surface area contributed by atoms with Crippen LogP contribution in [-0.4, -0.2) is 0 Å². The van der Waals surface area contributed by atoms with Gasteiger partial charge in [0.25, 0.3) is 0 Å². The molecule has 1 heterocycles. The molecule has 0 N–H and O–H groups in total. The van der Waals surface area contributed by atoms with E-state index in [1.807, 2.05) is 60.7 Å². The van der Waals surface area contributed by atoms with Crippen LogP contribution in [0.3, 0.4) is 0 Å². The second-order valence-corrected chi connectivity index (χ2v) is 7.73. The average Bonchev–Trinajstić information content (AvgIpc) is 3.31. The van der Waals surface area contributed by atoms with Crippen LogP contribution in [0.2, 0.25) is 0 Å². The zero-order valence-corrected chi connectivity index (χ0v) is 15.7. The van der Waals surface area contributed by atoms with Gasteiger partial charge in [-0.1, -0.05) is 55.5 Å². The lowest BCUT2D eigenvalue weighted by molar-refractivity contribution is 0.148. The van der Waals surface area contributed by atoms with Gasteiger partial charge in [0.05, 0.1) is 12.0 Å². The van der Waals surface area contributed by atoms with Gasteiger partial charge in [-0.2, -0.15) is 5.26 Å². The highest BCUT2D eigenvalue weighted by molar-refractivity contribution is 5.54. The SMILES string of the molecule is CC1C(C#N)C12CC(c1ccccc1)Oc1ccc(Oc3ccccc3)cc12. The van der Waals surface area contributed by atoms with Gasteiger partial charge in [0.15, 0.2) is 0 Å². The fourth-order valence-corrected chi connectivity index (χ4v) is 4.71. The number of hydrogen-bond donors (Lipinski definition) is 0. The molecule has 28 heavy (non-hydrogen) atoms. The zero-order chi connectivity index (χ0) is 19.1. The number of nitriles is 1. The summed E-state index contributed by atoms with van der Waals surface area (Å²) in [5.74, 6) is 2.76. The zero-order valence-electron chi connectivity index (χ0n) is 15.7. The highest BCUT2D eigenvalue weighted by Crippen LogP contribution is 2.67. The first-order chi connectivity index (χ1) is 13.7. The van der Waals surface area contributed by atoms with Crippen molar-refractivity contribution in [3.05, 3.63) is 90.0 Å². The first-order valence-corrected chi connectivity index (χ1v) is 9.71. The predicted octanol–water partition coefficient (Wildman–Crippen LogP) is 6.03. The summed E-state index contributed by atoms with van der Waals surface area (Å²) in [6, 6.07) is 28.6. The number of benzene rings is 3. The molecule has 0 aromatic heterocycles. The molecule has 1 aliphatic heterocycles. The monoisotopic (exact) mass is 367 g/mol. The predicted molar refractivity (Wildman–Crippen MR) is 107 cm³/mol. The molecule has 138 valence electrons. The van der Waals surface area contributed by atoms with Gasteiger partial charge < -0.3 is 9.47 Å². The molecule has 3 heteroatoms. The van der Waals surface area contributed by atoms with Crippen molar-refractivity contribution < 1.29 is 9.47 Å². The number of para-hydroxylation sites is 1. The maximum absolute atomic E-state index is 9.76. The van der Waals surface area contributed by atoms with E-state index in [1.165, 1.54) is 0 Å². The van der Waals surface area contributed by atoms with E-state index in [0.717, 1.165) is 34.8 Å². The van der Waals surface area contributed by atoms with E-state index in [2.05, 4.69) is 31.2 Å². The third kappa shape index (κ3) is 2.57. The van der Waals surface area contributed by atoms with E-state index in [-0.39, 0.29) is 17.4 Å². The molecule has 0 radical (unpaired) electrons. The van der Waals surface area contributed by atoms with E-state index in [1.54, 1.807) is 0 Å². The molecular weight excluding hydrogens is 346 g/mol. The van der Waals surface area contributed by atoms with Crippen molar-refractivity contribution in [2.24, 2.45) is 11.8 Å². The maximum Gasteiger partial charge on any atom is 0.127 e. The summed E-state index contributed by atoms with van der Waals surface area (Å²) in [6.07, 6.45) is 0.786. The summed E-state index contributed by atoms with van der Waals surface area (Å²) in [6.45, 7) is 2.18. The highest BCUT2D eigenvalue weighted by atomic mass is 16.5. The van der Waals surface area contributed by atoms with Gasteiger partial charge in [-0.15, -0.1) is 0 Å². The number of nitrogens with zero attached hydrogens (tertiary/aromatic N) is 1. The van der Waals surface area contributed by atoms with Gasteiger partial charge in [-0.3, -0.25) is 0 Å². The molecule has 0 amide bonds. The Morgan fingerprint density at radius 2 is 1.68 bits per heavy atom. The molecule has 2 aliphatic rings. The number of fused-ring (bicyclic) bond motifs is 2. The largest absolute Gasteiger partial charge is 0.485 e. The summed E-state index contributed by atoms with van der Waals surface area (Å²) < 4.78 is 12.4. The molecule has 3 aromatic carbocycles. The third-order valence-corrected chi connectivity index (χ3v) is 6.29. The minimum atomic E-state index is -0.168. The van der Waals surface area contributed by atoms with Crippen molar-refractivity contribution in [2.45, 2.75) is 24.9 Å². The van der Waals surface area contributed by atoms with E-state index >= 15 is 0 Å². The molecular formula is C25H21NO2. The van der Waals surface area contributed by atoms with Crippen LogP contribution in [-0.2, 0) is 5.41 Å². The Hall–Kier alpha value is -3.25. The van der Waals surface area contributed by atoms with Crippen molar-refractivity contribution in [1.82, 2.24) is 0 Å². The molecule has 4 unspecified atom stereocenters. The summed E-state index contributed by atoms with van der Waals surface area (Å²) >= 11 is 0. The van der Waals surface area contributed by atoms with E-state index in [9.17, 15) is 5.26 Å². The quantitative estimate of drug-likeness (QED) is 0.567. The second-order valence-electron chi connectivity index (χ2n) is 7.73. The lowest BCUT2D eigenvalue weighted by Crippen LogP contribution is -2.26. The molecule has 1 saturated carbocycles. The minimum Gasteiger partial charge on any atom is -0.485 e. The maximum atomic E-state index is 9.76. The third-order valence-electron chi connectivity index (χ3n) is 6.29. The highest BCUT2D eigenvalue weighted by Gasteiger charge is 2.66. The van der Waals surface area contributed by atoms with Crippen LogP contribution < -0.4 is 9.47 Å². The Kier molecular flexibility index (Phi) is 3.87. The lowest BCUT2D eigenvalue weighted by Gasteiger charge is -2.34. The van der Waals surface area contributed by atoms with Crippen molar-refractivity contribution in [1.29, 1.82) is 5.26 Å². The molecule has 5 rings (SSSR count). The summed E-state index contributed by atoms with van der Waals surface area (Å²) in [7, 11) is 0. The Morgan fingerprint density at radius 1 is 0.964 bits per heavy atom. The smallest absolute Gasteiger partial charge is 0.127 e. The van der Waals surface area contributed by atoms with Crippen LogP contribution in [0, 0.1) is 23.2 Å². The molecule has 3 aromatic rings. The Labute approximate surface area is 165 Å². The van der Waals surface area contributed by atoms with Crippen LogP contribution in [0.15, 0.2) is 78.9 Å². The standard InChI is InChI=1S/C25H21NO2/c1-17-22(16-26)25(17)15-24(18-8-4-2-5-9-18)28-23-13-12-20(14-21(23)25)27-19-10-6-3-7-11-19/h2-14,17,22,24H,15H2,1H3. The molecule has 1 spiro atoms. The van der Waals surface area contributed by atoms with E-state index in [4.69, 9.17) is 9.47 Å². The lowest BCUT2D eigenvalue weighted by atomic mass is 9.81. The van der Waals surface area contributed by atoms with Gasteiger partial charge in [0.2, 0.25) is 0 Å². The molecule has 3 nitrogen and oxygen atoms in total. The van der Waals surface area contributed by atoms with Gasteiger partial charge in [-0.25, -0.2) is 0 Å². The van der Waals surface area contributed by atoms with Crippen LogP contribution in [0.25, 0.3) is 0 Å². The molecule has 0 bridgehead atoms. The van der Waals surface area contributed by atoms with Gasteiger partial charge in [0.1, 0.15) is 23.4 Å². The van der Waals surface area contributed by atoms with Crippen LogP contribution in [0.4, 0.5) is 0 Å². The van der Waals surface area contributed by atoms with E-state index < -0.39 is 0 Å². The number of ether oxygens (including phenoxy) is 2. The summed E-state index contributed by atoms with van der Waals surface area (Å²) in [5, 5.41) is 9.76. The molecule has 1 aliphatic carbocycles. The Bertz CT molecular complexity index is 1040. The Morgan fingerprint density at radius 3 is 2.36 bits per heavy atom. The van der Waals surface area contributed by atoms with Gasteiger partial charge in [0, 0.05) is 11.0 Å². The fourth-order valence-electron chi connectivity index (χ4n) is 4.71. The number of hydrogen-bond acceptors (Lipinski definition) is 3. The second kappa shape index (κ2) is 6.42. The topological polar surface area (TPSA) is 42.2 Å². The summed E-state index contributed by atoms with van der Waals surface area (Å²) in [4.78, 5) is 0. The van der Waals surface area contributed by atoms with Gasteiger partial charge >= 0.3 is 0 Å². The average molecular weight is 367 g/mol. The summed E-state index contributed by atoms with van der Waals surface area (Å²) in [5.41, 5.74) is 2.10. The van der Waals surface area contributed by atoms with Crippen molar-refractivity contribution >= 4 is 0 Å². The van der Waals surface area contributed by atoms with Gasteiger partial charge in [-0.05, 0) is 48.2 Å². The molecule has 4 atom stereocenters. The molecule has 0 saturated heterocycles. The van der Waals surface area contributed by atoms with Crippen molar-refractivity contribution in [3.63, 3.8) is 0 Å². The van der Waals surface area contributed by atoms with Crippen molar-refractivity contribution in [3.8, 4) is 23.3 Å². The van der Waals surface area contributed by atoms with Crippen LogP contribution in [0.1, 0.15) is 30.6 Å². The van der Waals surface area contributed by atoms with E-state index in [0.29, 0.717) is 5.92 Å². The van der Waals surface area contributed by atoms with Crippen molar-refractivity contribution in [2.75, 3.05) is 0 Å². The fraction of sp³-hybridized carbons (Fsp3) is 0.240. The first kappa shape index (κ1) is 16.9. The van der Waals surface area contributed by atoms with Crippen LogP contribution >= 0.6 is 0 Å². The number of rotatable bonds is 3. The normalized spacial score (nSPS) is 27.4. The van der Waals surface area contributed by atoms with Crippen LogP contribution in [0.5, 0.6) is 17.2 Å². The molecule has 1 fully saturated rings. The first-order valence-electron chi connectivity index (χ1n) is 9.71. The minimum absolute atomic E-state index is 0.00772.